The molecule has 1 aromatic heterocycles. The first-order valence-electron chi connectivity index (χ1n) is 9.36. The predicted octanol–water partition coefficient (Wildman–Crippen LogP) is 6.31. The molecule has 8 heteroatoms. The summed E-state index contributed by atoms with van der Waals surface area (Å²) in [5, 5.41) is 10.1. The third-order valence-corrected chi connectivity index (χ3v) is 6.71. The zero-order valence-electron chi connectivity index (χ0n) is 16.3. The van der Waals surface area contributed by atoms with Crippen molar-refractivity contribution in [2.45, 2.75) is 18.7 Å². The van der Waals surface area contributed by atoms with Crippen molar-refractivity contribution in [3.63, 3.8) is 0 Å². The largest absolute Gasteiger partial charge is 0.493 e. The second-order valence-electron chi connectivity index (χ2n) is 7.01. The number of hydrogen-bond donors (Lipinski definition) is 0. The third kappa shape index (κ3) is 3.20. The first kappa shape index (κ1) is 19.5. The molecule has 0 fully saturated rings. The summed E-state index contributed by atoms with van der Waals surface area (Å²) in [6, 6.07) is 13.5. The van der Waals surface area contributed by atoms with E-state index in [1.54, 1.807) is 31.6 Å². The van der Waals surface area contributed by atoms with Gasteiger partial charge in [-0.15, -0.1) is 11.3 Å². The van der Waals surface area contributed by atoms with Gasteiger partial charge in [0.25, 0.3) is 0 Å². The maximum atomic E-state index is 6.50. The Balaban J connectivity index is 1.60. The number of rotatable bonds is 4. The summed E-state index contributed by atoms with van der Waals surface area (Å²) in [5.41, 5.74) is 2.86. The van der Waals surface area contributed by atoms with Gasteiger partial charge < -0.3 is 14.2 Å². The Morgan fingerprint density at radius 1 is 1.10 bits per heavy atom. The quantitative estimate of drug-likeness (QED) is 0.457. The van der Waals surface area contributed by atoms with Crippen molar-refractivity contribution in [1.29, 1.82) is 0 Å². The topological polar surface area (TPSA) is 43.3 Å². The van der Waals surface area contributed by atoms with Crippen LogP contribution in [0.3, 0.4) is 0 Å². The molecule has 2 atom stereocenters. The predicted molar refractivity (Wildman–Crippen MR) is 119 cm³/mol. The summed E-state index contributed by atoms with van der Waals surface area (Å²) in [6.45, 7) is 0. The van der Waals surface area contributed by atoms with Crippen molar-refractivity contribution >= 4 is 40.3 Å². The molecule has 3 heterocycles. The summed E-state index contributed by atoms with van der Waals surface area (Å²) in [7, 11) is 3.25. The summed E-state index contributed by atoms with van der Waals surface area (Å²) in [5.74, 6) is 2.02. The van der Waals surface area contributed by atoms with Gasteiger partial charge in [0.1, 0.15) is 5.75 Å². The highest BCUT2D eigenvalue weighted by Crippen LogP contribution is 2.51. The molecule has 5 nitrogen and oxygen atoms in total. The number of thiophene rings is 1. The van der Waals surface area contributed by atoms with Gasteiger partial charge in [-0.25, -0.2) is 5.01 Å². The standard InChI is InChI=1S/C22H18Cl2N2O3S/c1-27-18-6-5-12(8-19(18)28-2)16-11-17-14-9-13(23)10-15(24)21(14)29-22(26(17)25-16)20-4-3-7-30-20/h3-10,17,22H,11H2,1-2H3/t17-,22+/m0/s1. The second-order valence-corrected chi connectivity index (χ2v) is 8.83. The van der Waals surface area contributed by atoms with Crippen molar-refractivity contribution in [2.75, 3.05) is 14.2 Å². The van der Waals surface area contributed by atoms with Crippen LogP contribution in [-0.4, -0.2) is 24.9 Å². The van der Waals surface area contributed by atoms with E-state index in [1.165, 1.54) is 0 Å². The molecule has 0 spiro atoms. The van der Waals surface area contributed by atoms with E-state index in [2.05, 4.69) is 0 Å². The monoisotopic (exact) mass is 460 g/mol. The molecular weight excluding hydrogens is 443 g/mol. The molecule has 2 aliphatic heterocycles. The van der Waals surface area contributed by atoms with Gasteiger partial charge in [-0.05, 0) is 41.8 Å². The Hall–Kier alpha value is -2.41. The van der Waals surface area contributed by atoms with Gasteiger partial charge in [0.15, 0.2) is 11.5 Å². The number of ether oxygens (including phenoxy) is 3. The van der Waals surface area contributed by atoms with Crippen molar-refractivity contribution in [2.24, 2.45) is 5.10 Å². The lowest BCUT2D eigenvalue weighted by Crippen LogP contribution is -2.33. The van der Waals surface area contributed by atoms with Crippen molar-refractivity contribution in [1.82, 2.24) is 5.01 Å². The normalized spacial score (nSPS) is 19.6. The molecule has 5 rings (SSSR count). The van der Waals surface area contributed by atoms with Gasteiger partial charge in [-0.2, -0.15) is 5.10 Å². The molecule has 0 saturated carbocycles. The van der Waals surface area contributed by atoms with Gasteiger partial charge in [0.2, 0.25) is 6.23 Å². The maximum Gasteiger partial charge on any atom is 0.223 e. The van der Waals surface area contributed by atoms with Crippen LogP contribution in [0.4, 0.5) is 0 Å². The number of halogens is 2. The van der Waals surface area contributed by atoms with Crippen LogP contribution in [0.2, 0.25) is 10.0 Å². The van der Waals surface area contributed by atoms with E-state index in [1.807, 2.05) is 46.8 Å². The number of hydrogen-bond acceptors (Lipinski definition) is 6. The minimum atomic E-state index is -0.348. The molecule has 0 radical (unpaired) electrons. The zero-order chi connectivity index (χ0) is 20.8. The molecule has 3 aromatic rings. The average Bonchev–Trinajstić information content (AvgIpc) is 3.43. The van der Waals surface area contributed by atoms with Crippen molar-refractivity contribution in [3.8, 4) is 17.2 Å². The van der Waals surface area contributed by atoms with Crippen LogP contribution in [0.5, 0.6) is 17.2 Å². The molecule has 2 aliphatic rings. The van der Waals surface area contributed by atoms with Gasteiger partial charge in [-0.3, -0.25) is 0 Å². The number of benzene rings is 2. The molecule has 30 heavy (non-hydrogen) atoms. The summed E-state index contributed by atoms with van der Waals surface area (Å²) < 4.78 is 17.2. The lowest BCUT2D eigenvalue weighted by atomic mass is 9.96. The van der Waals surface area contributed by atoms with Gasteiger partial charge in [0.05, 0.1) is 35.9 Å². The van der Waals surface area contributed by atoms with E-state index < -0.39 is 0 Å². The number of fused-ring (bicyclic) bond motifs is 3. The first-order valence-corrected chi connectivity index (χ1v) is 11.0. The summed E-state index contributed by atoms with van der Waals surface area (Å²) in [4.78, 5) is 1.06. The van der Waals surface area contributed by atoms with E-state index in [0.717, 1.165) is 21.7 Å². The van der Waals surface area contributed by atoms with Crippen LogP contribution in [0.15, 0.2) is 52.9 Å². The molecule has 0 amide bonds. The zero-order valence-corrected chi connectivity index (χ0v) is 18.6. The Bertz CT molecular complexity index is 1130. The van der Waals surface area contributed by atoms with E-state index in [4.69, 9.17) is 42.5 Å². The number of hydrazone groups is 1. The maximum absolute atomic E-state index is 6.50. The Labute approximate surface area is 188 Å². The van der Waals surface area contributed by atoms with Crippen molar-refractivity contribution < 1.29 is 14.2 Å². The Morgan fingerprint density at radius 3 is 2.67 bits per heavy atom. The van der Waals surface area contributed by atoms with Crippen LogP contribution in [0, 0.1) is 0 Å². The average molecular weight is 461 g/mol. The molecule has 0 aliphatic carbocycles. The van der Waals surface area contributed by atoms with Crippen LogP contribution >= 0.6 is 34.5 Å². The fourth-order valence-electron chi connectivity index (χ4n) is 3.92. The minimum Gasteiger partial charge on any atom is -0.493 e. The fourth-order valence-corrected chi connectivity index (χ4v) is 5.22. The van der Waals surface area contributed by atoms with Crippen LogP contribution < -0.4 is 14.2 Å². The second kappa shape index (κ2) is 7.69. The minimum absolute atomic E-state index is 0.0276. The summed E-state index contributed by atoms with van der Waals surface area (Å²) >= 11 is 14.4. The molecule has 2 aromatic carbocycles. The van der Waals surface area contributed by atoms with Gasteiger partial charge in [-0.1, -0.05) is 29.3 Å². The van der Waals surface area contributed by atoms with Crippen LogP contribution in [0.25, 0.3) is 0 Å². The number of nitrogens with zero attached hydrogens (tertiary/aromatic N) is 2. The number of methoxy groups -OCH3 is 2. The van der Waals surface area contributed by atoms with Crippen LogP contribution in [0.1, 0.15) is 34.7 Å². The molecular formula is C22H18Cl2N2O3S. The lowest BCUT2D eigenvalue weighted by molar-refractivity contribution is -0.0165. The van der Waals surface area contributed by atoms with Gasteiger partial charge >= 0.3 is 0 Å². The van der Waals surface area contributed by atoms with Crippen molar-refractivity contribution in [3.05, 3.63) is 73.9 Å². The molecule has 0 unspecified atom stereocenters. The third-order valence-electron chi connectivity index (χ3n) is 5.31. The lowest BCUT2D eigenvalue weighted by Gasteiger charge is -2.38. The Morgan fingerprint density at radius 2 is 1.93 bits per heavy atom. The van der Waals surface area contributed by atoms with E-state index in [0.29, 0.717) is 33.7 Å². The fraction of sp³-hybridized carbons (Fsp3) is 0.227. The SMILES string of the molecule is COc1ccc(C2=NN3[C@@H](c4cccs4)Oc4c(Cl)cc(Cl)cc4[C@@H]3C2)cc1OC. The first-order chi connectivity index (χ1) is 14.6. The van der Waals surface area contributed by atoms with E-state index in [9.17, 15) is 0 Å². The van der Waals surface area contributed by atoms with E-state index in [-0.39, 0.29) is 12.3 Å². The highest BCUT2D eigenvalue weighted by Gasteiger charge is 2.42. The van der Waals surface area contributed by atoms with Gasteiger partial charge in [0, 0.05) is 22.6 Å². The molecule has 0 bridgehead atoms. The molecule has 154 valence electrons. The highest BCUT2D eigenvalue weighted by molar-refractivity contribution is 7.10. The highest BCUT2D eigenvalue weighted by atomic mass is 35.5. The molecule has 0 saturated heterocycles. The molecule has 0 N–H and O–H groups in total. The van der Waals surface area contributed by atoms with Crippen LogP contribution in [-0.2, 0) is 0 Å². The Kier molecular flexibility index (Phi) is 5.01. The van der Waals surface area contributed by atoms with E-state index >= 15 is 0 Å². The summed E-state index contributed by atoms with van der Waals surface area (Å²) in [6.07, 6.45) is 0.350. The smallest absolute Gasteiger partial charge is 0.223 e.